The molecular formula is C21H24N2O2. The van der Waals surface area contributed by atoms with E-state index < -0.39 is 0 Å². The fraction of sp³-hybridized carbons (Fsp3) is 0.333. The van der Waals surface area contributed by atoms with Crippen molar-refractivity contribution in [3.63, 3.8) is 0 Å². The van der Waals surface area contributed by atoms with Gasteiger partial charge in [0.2, 0.25) is 11.8 Å². The highest BCUT2D eigenvalue weighted by Gasteiger charge is 2.35. The second-order valence-corrected chi connectivity index (χ2v) is 6.71. The summed E-state index contributed by atoms with van der Waals surface area (Å²) in [6, 6.07) is 13.8. The topological polar surface area (TPSA) is 49.4 Å². The molecular weight excluding hydrogens is 312 g/mol. The highest BCUT2D eigenvalue weighted by Crippen LogP contribution is 2.26. The zero-order valence-corrected chi connectivity index (χ0v) is 15.0. The largest absolute Gasteiger partial charge is 0.326 e. The molecule has 0 radical (unpaired) electrons. The monoisotopic (exact) mass is 336 g/mol. The molecule has 1 saturated heterocycles. The summed E-state index contributed by atoms with van der Waals surface area (Å²) < 4.78 is 0. The third-order valence-electron chi connectivity index (χ3n) is 4.93. The minimum atomic E-state index is -0.319. The van der Waals surface area contributed by atoms with Gasteiger partial charge in [0, 0.05) is 24.3 Å². The van der Waals surface area contributed by atoms with Crippen molar-refractivity contribution < 1.29 is 9.59 Å². The van der Waals surface area contributed by atoms with Gasteiger partial charge in [-0.2, -0.15) is 0 Å². The number of carbonyl (C=O) groups excluding carboxylic acids is 2. The summed E-state index contributed by atoms with van der Waals surface area (Å²) >= 11 is 0. The van der Waals surface area contributed by atoms with Gasteiger partial charge in [0.25, 0.3) is 0 Å². The molecule has 1 fully saturated rings. The van der Waals surface area contributed by atoms with Gasteiger partial charge >= 0.3 is 0 Å². The molecule has 1 aliphatic heterocycles. The first kappa shape index (κ1) is 17.2. The fourth-order valence-electron chi connectivity index (χ4n) is 3.11. The maximum atomic E-state index is 12.5. The van der Waals surface area contributed by atoms with E-state index in [1.54, 1.807) is 4.90 Å². The lowest BCUT2D eigenvalue weighted by molar-refractivity contribution is -0.122. The van der Waals surface area contributed by atoms with Crippen LogP contribution in [0.1, 0.15) is 30.0 Å². The van der Waals surface area contributed by atoms with Crippen LogP contribution in [0.3, 0.4) is 0 Å². The van der Waals surface area contributed by atoms with Crippen LogP contribution >= 0.6 is 0 Å². The second-order valence-electron chi connectivity index (χ2n) is 6.71. The standard InChI is InChI=1S/C21H24N2O2/c1-4-16-6-9-19(10-7-16)23-13-17(12-20(23)24)21(25)22-18-8-5-14(2)15(3)11-18/h5-11,17H,4,12-13H2,1-3H3,(H,22,25)/t17-/m1/s1. The highest BCUT2D eigenvalue weighted by atomic mass is 16.2. The van der Waals surface area contributed by atoms with E-state index in [-0.39, 0.29) is 24.2 Å². The van der Waals surface area contributed by atoms with E-state index in [2.05, 4.69) is 12.2 Å². The molecule has 4 nitrogen and oxygen atoms in total. The number of amides is 2. The number of rotatable bonds is 4. The lowest BCUT2D eigenvalue weighted by atomic mass is 10.1. The quantitative estimate of drug-likeness (QED) is 0.922. The summed E-state index contributed by atoms with van der Waals surface area (Å²) in [5.41, 5.74) is 5.21. The average Bonchev–Trinajstić information content (AvgIpc) is 3.00. The van der Waals surface area contributed by atoms with Crippen LogP contribution in [0.15, 0.2) is 42.5 Å². The number of aryl methyl sites for hydroxylation is 3. The predicted octanol–water partition coefficient (Wildman–Crippen LogP) is 3.86. The van der Waals surface area contributed by atoms with Crippen LogP contribution in [0, 0.1) is 19.8 Å². The maximum Gasteiger partial charge on any atom is 0.229 e. The lowest BCUT2D eigenvalue weighted by Crippen LogP contribution is -2.28. The van der Waals surface area contributed by atoms with Crippen molar-refractivity contribution in [3.8, 4) is 0 Å². The predicted molar refractivity (Wildman–Crippen MR) is 101 cm³/mol. The molecule has 1 N–H and O–H groups in total. The van der Waals surface area contributed by atoms with E-state index in [1.807, 2.05) is 56.3 Å². The minimum Gasteiger partial charge on any atom is -0.326 e. The summed E-state index contributed by atoms with van der Waals surface area (Å²) in [5, 5.41) is 2.94. The van der Waals surface area contributed by atoms with Crippen molar-refractivity contribution in [2.75, 3.05) is 16.8 Å². The van der Waals surface area contributed by atoms with Gasteiger partial charge in [-0.25, -0.2) is 0 Å². The van der Waals surface area contributed by atoms with Gasteiger partial charge in [-0.05, 0) is 61.2 Å². The Labute approximate surface area is 148 Å². The van der Waals surface area contributed by atoms with Crippen LogP contribution in [0.4, 0.5) is 11.4 Å². The van der Waals surface area contributed by atoms with Crippen LogP contribution in [0.25, 0.3) is 0 Å². The Balaban J connectivity index is 1.68. The molecule has 2 aromatic carbocycles. The molecule has 0 spiro atoms. The molecule has 1 atom stereocenters. The number of benzene rings is 2. The Hall–Kier alpha value is -2.62. The Morgan fingerprint density at radius 2 is 1.84 bits per heavy atom. The van der Waals surface area contributed by atoms with Crippen molar-refractivity contribution in [2.24, 2.45) is 5.92 Å². The number of hydrogen-bond donors (Lipinski definition) is 1. The van der Waals surface area contributed by atoms with Gasteiger partial charge in [0.15, 0.2) is 0 Å². The third-order valence-corrected chi connectivity index (χ3v) is 4.93. The fourth-order valence-corrected chi connectivity index (χ4v) is 3.11. The Morgan fingerprint density at radius 1 is 1.12 bits per heavy atom. The Kier molecular flexibility index (Phi) is 4.88. The zero-order valence-electron chi connectivity index (χ0n) is 15.0. The van der Waals surface area contributed by atoms with Gasteiger partial charge in [-0.3, -0.25) is 9.59 Å². The first-order valence-corrected chi connectivity index (χ1v) is 8.75. The van der Waals surface area contributed by atoms with E-state index in [9.17, 15) is 9.59 Å². The summed E-state index contributed by atoms with van der Waals surface area (Å²) in [7, 11) is 0. The first-order chi connectivity index (χ1) is 12.0. The summed E-state index contributed by atoms with van der Waals surface area (Å²) in [6.45, 7) is 6.59. The Bertz CT molecular complexity index is 796. The molecule has 130 valence electrons. The van der Waals surface area contributed by atoms with Crippen LogP contribution in [-0.2, 0) is 16.0 Å². The molecule has 0 bridgehead atoms. The molecule has 4 heteroatoms. The smallest absolute Gasteiger partial charge is 0.229 e. The van der Waals surface area contributed by atoms with Gasteiger partial charge in [-0.15, -0.1) is 0 Å². The number of hydrogen-bond acceptors (Lipinski definition) is 2. The zero-order chi connectivity index (χ0) is 18.0. The van der Waals surface area contributed by atoms with E-state index in [0.717, 1.165) is 23.4 Å². The molecule has 3 rings (SSSR count). The van der Waals surface area contributed by atoms with Gasteiger partial charge in [0.05, 0.1) is 5.92 Å². The summed E-state index contributed by atoms with van der Waals surface area (Å²) in [6.07, 6.45) is 1.22. The van der Waals surface area contributed by atoms with Crippen molar-refractivity contribution in [3.05, 3.63) is 59.2 Å². The Morgan fingerprint density at radius 3 is 2.48 bits per heavy atom. The number of nitrogens with one attached hydrogen (secondary N) is 1. The molecule has 0 saturated carbocycles. The van der Waals surface area contributed by atoms with Crippen molar-refractivity contribution in [1.82, 2.24) is 0 Å². The maximum absolute atomic E-state index is 12.5. The van der Waals surface area contributed by atoms with E-state index in [4.69, 9.17) is 0 Å². The number of nitrogens with zero attached hydrogens (tertiary/aromatic N) is 1. The molecule has 0 aromatic heterocycles. The van der Waals surface area contributed by atoms with Gasteiger partial charge in [0.1, 0.15) is 0 Å². The number of anilines is 2. The van der Waals surface area contributed by atoms with Crippen LogP contribution in [-0.4, -0.2) is 18.4 Å². The normalized spacial score (nSPS) is 17.0. The third kappa shape index (κ3) is 3.73. The van der Waals surface area contributed by atoms with Gasteiger partial charge < -0.3 is 10.2 Å². The first-order valence-electron chi connectivity index (χ1n) is 8.75. The molecule has 25 heavy (non-hydrogen) atoms. The van der Waals surface area contributed by atoms with Gasteiger partial charge in [-0.1, -0.05) is 25.1 Å². The van der Waals surface area contributed by atoms with Crippen molar-refractivity contribution >= 4 is 23.2 Å². The molecule has 0 aliphatic carbocycles. The molecule has 0 unspecified atom stereocenters. The van der Waals surface area contributed by atoms with Crippen LogP contribution in [0.5, 0.6) is 0 Å². The van der Waals surface area contributed by atoms with E-state index in [1.165, 1.54) is 11.1 Å². The van der Waals surface area contributed by atoms with E-state index in [0.29, 0.717) is 6.54 Å². The molecule has 1 aliphatic rings. The average molecular weight is 336 g/mol. The van der Waals surface area contributed by atoms with Crippen molar-refractivity contribution in [2.45, 2.75) is 33.6 Å². The van der Waals surface area contributed by atoms with Crippen molar-refractivity contribution in [1.29, 1.82) is 0 Å². The SMILES string of the molecule is CCc1ccc(N2C[C@H](C(=O)Nc3ccc(C)c(C)c3)CC2=O)cc1. The van der Waals surface area contributed by atoms with Crippen LogP contribution < -0.4 is 10.2 Å². The molecule has 2 aromatic rings. The second kappa shape index (κ2) is 7.09. The van der Waals surface area contributed by atoms with Crippen LogP contribution in [0.2, 0.25) is 0 Å². The summed E-state index contributed by atoms with van der Waals surface area (Å²) in [5.74, 6) is -0.409. The lowest BCUT2D eigenvalue weighted by Gasteiger charge is -2.17. The molecule has 1 heterocycles. The minimum absolute atomic E-state index is 0.00415. The van der Waals surface area contributed by atoms with E-state index >= 15 is 0 Å². The summed E-state index contributed by atoms with van der Waals surface area (Å²) in [4.78, 5) is 26.6. The highest BCUT2D eigenvalue weighted by molar-refractivity contribution is 6.03. The number of carbonyl (C=O) groups is 2. The molecule has 2 amide bonds.